The third kappa shape index (κ3) is 3.44. The van der Waals surface area contributed by atoms with Gasteiger partial charge in [-0.15, -0.1) is 0 Å². The second kappa shape index (κ2) is 7.37. The zero-order valence-corrected chi connectivity index (χ0v) is 16.5. The summed E-state index contributed by atoms with van der Waals surface area (Å²) in [6.45, 7) is 3.64. The van der Waals surface area contributed by atoms with E-state index in [1.165, 1.54) is 9.88 Å². The van der Waals surface area contributed by atoms with E-state index in [-0.39, 0.29) is 22.9 Å². The molecule has 0 aliphatic carbocycles. The Hall–Kier alpha value is -1.70. The molecule has 0 aromatic heterocycles. The van der Waals surface area contributed by atoms with E-state index >= 15 is 0 Å². The number of rotatable bonds is 3. The second-order valence-corrected chi connectivity index (χ2v) is 9.43. The Morgan fingerprint density at radius 3 is 2.22 bits per heavy atom. The van der Waals surface area contributed by atoms with Crippen molar-refractivity contribution in [2.24, 2.45) is 0 Å². The van der Waals surface area contributed by atoms with Gasteiger partial charge in [0.2, 0.25) is 10.0 Å². The molecule has 0 spiro atoms. The highest BCUT2D eigenvalue weighted by atomic mass is 32.2. The number of piperidine rings is 1. The number of sulfonamides is 1. The first-order valence-electron chi connectivity index (χ1n) is 9.65. The minimum absolute atomic E-state index is 0.0213. The number of morpholine rings is 1. The topological polar surface area (TPSA) is 66.9 Å². The molecule has 1 aromatic carbocycles. The molecule has 1 amide bonds. The zero-order valence-electron chi connectivity index (χ0n) is 15.6. The van der Waals surface area contributed by atoms with Gasteiger partial charge in [-0.2, -0.15) is 4.31 Å². The van der Waals surface area contributed by atoms with E-state index in [1.807, 2.05) is 4.90 Å². The number of ether oxygens (including phenoxy) is 1. The van der Waals surface area contributed by atoms with Gasteiger partial charge in [0.25, 0.3) is 5.91 Å². The Bertz CT molecular complexity index is 825. The molecule has 3 aliphatic heterocycles. The summed E-state index contributed by atoms with van der Waals surface area (Å²) in [5.41, 5.74) is 2.01. The average molecular weight is 391 g/mol. The maximum absolute atomic E-state index is 13.0. The minimum Gasteiger partial charge on any atom is -0.379 e. The number of allylic oxidation sites excluding steroid dienone is 1. The third-order valence-electron chi connectivity index (χ3n) is 5.97. The summed E-state index contributed by atoms with van der Waals surface area (Å²) < 4.78 is 32.1. The van der Waals surface area contributed by atoms with Crippen LogP contribution in [0, 0.1) is 0 Å². The van der Waals surface area contributed by atoms with Crippen molar-refractivity contribution in [1.82, 2.24) is 9.21 Å². The highest BCUT2D eigenvalue weighted by Crippen LogP contribution is 2.39. The Morgan fingerprint density at radius 1 is 1.07 bits per heavy atom. The molecule has 27 heavy (non-hydrogen) atoms. The molecule has 2 bridgehead atoms. The van der Waals surface area contributed by atoms with Crippen LogP contribution in [0.25, 0.3) is 0 Å². The van der Waals surface area contributed by atoms with E-state index in [1.54, 1.807) is 24.3 Å². The van der Waals surface area contributed by atoms with Crippen molar-refractivity contribution in [1.29, 1.82) is 0 Å². The molecule has 6 nitrogen and oxygen atoms in total. The van der Waals surface area contributed by atoms with Gasteiger partial charge in [0, 0.05) is 30.7 Å². The number of hydrogen-bond acceptors (Lipinski definition) is 4. The molecule has 3 aliphatic rings. The van der Waals surface area contributed by atoms with Gasteiger partial charge in [-0.1, -0.05) is 11.6 Å². The molecule has 3 saturated heterocycles. The highest BCUT2D eigenvalue weighted by molar-refractivity contribution is 7.89. The fourth-order valence-corrected chi connectivity index (χ4v) is 5.88. The van der Waals surface area contributed by atoms with E-state index < -0.39 is 10.0 Å². The smallest absolute Gasteiger partial charge is 0.254 e. The molecule has 0 radical (unpaired) electrons. The van der Waals surface area contributed by atoms with Gasteiger partial charge >= 0.3 is 0 Å². The number of carbonyl (C=O) groups is 1. The van der Waals surface area contributed by atoms with Crippen LogP contribution in [0.4, 0.5) is 0 Å². The fraction of sp³-hybridized carbons (Fsp3) is 0.550. The number of amides is 1. The van der Waals surface area contributed by atoms with Crippen LogP contribution in [0.1, 0.15) is 43.0 Å². The molecular weight excluding hydrogens is 364 g/mol. The molecule has 2 unspecified atom stereocenters. The summed E-state index contributed by atoms with van der Waals surface area (Å²) in [6.07, 6.45) is 6.21. The predicted octanol–water partition coefficient (Wildman–Crippen LogP) is 2.42. The van der Waals surface area contributed by atoms with Crippen LogP contribution in [-0.4, -0.2) is 61.9 Å². The summed E-state index contributed by atoms with van der Waals surface area (Å²) in [6, 6.07) is 6.97. The molecule has 7 heteroatoms. The number of benzene rings is 1. The van der Waals surface area contributed by atoms with Crippen molar-refractivity contribution in [3.05, 3.63) is 41.5 Å². The monoisotopic (exact) mass is 390 g/mol. The predicted molar refractivity (Wildman–Crippen MR) is 102 cm³/mol. The molecule has 1 aromatic rings. The van der Waals surface area contributed by atoms with Gasteiger partial charge in [0.05, 0.1) is 18.1 Å². The molecule has 0 N–H and O–H groups in total. The molecular formula is C20H26N2O4S. The summed E-state index contributed by atoms with van der Waals surface area (Å²) in [7, 11) is -3.53. The van der Waals surface area contributed by atoms with Crippen molar-refractivity contribution in [2.75, 3.05) is 26.3 Å². The number of hydrogen-bond donors (Lipinski definition) is 0. The molecule has 2 atom stereocenters. The minimum atomic E-state index is -3.53. The lowest BCUT2D eigenvalue weighted by Crippen LogP contribution is -2.44. The third-order valence-corrected chi connectivity index (χ3v) is 7.88. The molecule has 146 valence electrons. The van der Waals surface area contributed by atoms with Gasteiger partial charge < -0.3 is 9.64 Å². The lowest BCUT2D eigenvalue weighted by molar-refractivity contribution is 0.0634. The Morgan fingerprint density at radius 2 is 1.67 bits per heavy atom. The maximum Gasteiger partial charge on any atom is 0.254 e. The van der Waals surface area contributed by atoms with Crippen LogP contribution in [0.15, 0.2) is 40.8 Å². The van der Waals surface area contributed by atoms with E-state index in [4.69, 9.17) is 4.74 Å². The standard InChI is InChI=1S/C20H26N2O4S/c1-2-15-13-17-5-6-18(14-15)22(17)20(23)16-3-7-19(8-4-16)27(24,25)21-9-11-26-12-10-21/h2-4,7-8,17-18H,5-6,9-14H2,1H3. The number of carbonyl (C=O) groups excluding carboxylic acids is 1. The molecule has 3 fully saturated rings. The Labute approximate surface area is 160 Å². The van der Waals surface area contributed by atoms with Crippen LogP contribution in [0.2, 0.25) is 0 Å². The highest BCUT2D eigenvalue weighted by Gasteiger charge is 2.41. The summed E-state index contributed by atoms with van der Waals surface area (Å²) in [5.74, 6) is 0.0213. The van der Waals surface area contributed by atoms with Gasteiger partial charge in [-0.3, -0.25) is 4.79 Å². The summed E-state index contributed by atoms with van der Waals surface area (Å²) >= 11 is 0. The van der Waals surface area contributed by atoms with E-state index in [0.717, 1.165) is 25.7 Å². The normalized spacial score (nSPS) is 26.3. The molecule has 3 heterocycles. The zero-order chi connectivity index (χ0) is 19.0. The van der Waals surface area contributed by atoms with E-state index in [0.29, 0.717) is 31.9 Å². The first kappa shape index (κ1) is 18.7. The average Bonchev–Trinajstić information content (AvgIpc) is 2.97. The van der Waals surface area contributed by atoms with E-state index in [2.05, 4.69) is 13.0 Å². The van der Waals surface area contributed by atoms with Gasteiger partial charge in [-0.05, 0) is 56.9 Å². The van der Waals surface area contributed by atoms with Crippen molar-refractivity contribution in [3.8, 4) is 0 Å². The summed E-state index contributed by atoms with van der Waals surface area (Å²) in [4.78, 5) is 15.3. The van der Waals surface area contributed by atoms with Crippen molar-refractivity contribution in [2.45, 2.75) is 49.6 Å². The lowest BCUT2D eigenvalue weighted by atomic mass is 9.95. The molecule has 4 rings (SSSR count). The van der Waals surface area contributed by atoms with E-state index in [9.17, 15) is 13.2 Å². The number of fused-ring (bicyclic) bond motifs is 2. The van der Waals surface area contributed by atoms with Crippen LogP contribution in [0.3, 0.4) is 0 Å². The maximum atomic E-state index is 13.0. The first-order valence-corrected chi connectivity index (χ1v) is 11.1. The SMILES string of the molecule is CC=C1CC2CCC(C1)N2C(=O)c1ccc(S(=O)(=O)N2CCOCC2)cc1. The number of nitrogens with zero attached hydrogens (tertiary/aromatic N) is 2. The van der Waals surface area contributed by atoms with Crippen LogP contribution in [0.5, 0.6) is 0 Å². The van der Waals surface area contributed by atoms with Crippen LogP contribution >= 0.6 is 0 Å². The quantitative estimate of drug-likeness (QED) is 0.744. The first-order chi connectivity index (χ1) is 13.0. The second-order valence-electron chi connectivity index (χ2n) is 7.49. The molecule has 0 saturated carbocycles. The summed E-state index contributed by atoms with van der Waals surface area (Å²) in [5, 5.41) is 0. The van der Waals surface area contributed by atoms with Gasteiger partial charge in [0.15, 0.2) is 0 Å². The fourth-order valence-electron chi connectivity index (χ4n) is 4.47. The van der Waals surface area contributed by atoms with Crippen molar-refractivity contribution >= 4 is 15.9 Å². The Kier molecular flexibility index (Phi) is 5.09. The van der Waals surface area contributed by atoms with Crippen molar-refractivity contribution in [3.63, 3.8) is 0 Å². The van der Waals surface area contributed by atoms with Crippen molar-refractivity contribution < 1.29 is 17.9 Å². The van der Waals surface area contributed by atoms with Crippen LogP contribution in [-0.2, 0) is 14.8 Å². The Balaban J connectivity index is 1.52. The lowest BCUT2D eigenvalue weighted by Gasteiger charge is -2.36. The largest absolute Gasteiger partial charge is 0.379 e. The van der Waals surface area contributed by atoms with Gasteiger partial charge in [-0.25, -0.2) is 8.42 Å². The van der Waals surface area contributed by atoms with Gasteiger partial charge in [0.1, 0.15) is 0 Å². The van der Waals surface area contributed by atoms with Crippen LogP contribution < -0.4 is 0 Å².